The molecule has 0 saturated carbocycles. The van der Waals surface area contributed by atoms with Gasteiger partial charge in [0.25, 0.3) is 0 Å². The monoisotopic (exact) mass is 771 g/mol. The molecule has 61 heavy (non-hydrogen) atoms. The summed E-state index contributed by atoms with van der Waals surface area (Å²) in [5, 5.41) is 7.68. The van der Waals surface area contributed by atoms with Gasteiger partial charge in [-0.1, -0.05) is 188 Å². The van der Waals surface area contributed by atoms with E-state index in [2.05, 4.69) is 229 Å². The molecule has 1 nitrogen and oxygen atoms in total. The Kier molecular flexibility index (Phi) is 7.37. The molecule has 0 N–H and O–H groups in total. The third kappa shape index (κ3) is 4.95. The van der Waals surface area contributed by atoms with E-state index >= 15 is 0 Å². The van der Waals surface area contributed by atoms with Gasteiger partial charge in [-0.25, -0.2) is 0 Å². The minimum atomic E-state index is 1.13. The molecule has 0 atom stereocenters. The van der Waals surface area contributed by atoms with Gasteiger partial charge >= 0.3 is 0 Å². The molecule has 2 aliphatic carbocycles. The first-order valence-electron chi connectivity index (χ1n) is 21.2. The van der Waals surface area contributed by atoms with Crippen molar-refractivity contribution in [1.82, 2.24) is 0 Å². The summed E-state index contributed by atoms with van der Waals surface area (Å²) in [6, 6.07) is 82.9. The van der Waals surface area contributed by atoms with Crippen molar-refractivity contribution in [1.29, 1.82) is 0 Å². The number of hydrogen-bond donors (Lipinski definition) is 0. The van der Waals surface area contributed by atoms with E-state index in [1.807, 2.05) is 0 Å². The average molecular weight is 772 g/mol. The molecule has 282 valence electrons. The highest BCUT2D eigenvalue weighted by Crippen LogP contribution is 2.59. The number of benzene rings is 11. The van der Waals surface area contributed by atoms with Crippen molar-refractivity contribution in [3.8, 4) is 77.9 Å². The zero-order valence-electron chi connectivity index (χ0n) is 33.3. The second kappa shape index (κ2) is 13.3. The fraction of sp³-hybridized carbons (Fsp3) is 0. The maximum atomic E-state index is 2.48. The van der Waals surface area contributed by atoms with Crippen LogP contribution in [-0.2, 0) is 0 Å². The molecular weight excluding hydrogens is 735 g/mol. The fourth-order valence-electron chi connectivity index (χ4n) is 10.6. The highest BCUT2D eigenvalue weighted by atomic mass is 15.1. The van der Waals surface area contributed by atoms with Gasteiger partial charge in [-0.2, -0.15) is 0 Å². The number of fused-ring (bicyclic) bond motifs is 7. The first kappa shape index (κ1) is 33.9. The van der Waals surface area contributed by atoms with Crippen LogP contribution in [0.2, 0.25) is 0 Å². The van der Waals surface area contributed by atoms with Crippen molar-refractivity contribution in [2.75, 3.05) is 4.90 Å². The summed E-state index contributed by atoms with van der Waals surface area (Å²) in [5.74, 6) is 0. The van der Waals surface area contributed by atoms with E-state index in [0.29, 0.717) is 0 Å². The Bertz CT molecular complexity index is 3480. The Morgan fingerprint density at radius 1 is 0.230 bits per heavy atom. The van der Waals surface area contributed by atoms with E-state index in [0.717, 1.165) is 17.1 Å². The maximum Gasteiger partial charge on any atom is 0.0540 e. The summed E-state index contributed by atoms with van der Waals surface area (Å²) in [4.78, 5) is 2.40. The molecule has 0 fully saturated rings. The number of nitrogens with zero attached hydrogens (tertiary/aromatic N) is 1. The van der Waals surface area contributed by atoms with Crippen LogP contribution in [-0.4, -0.2) is 0 Å². The molecule has 0 saturated heterocycles. The van der Waals surface area contributed by atoms with Crippen molar-refractivity contribution in [2.45, 2.75) is 0 Å². The van der Waals surface area contributed by atoms with Gasteiger partial charge in [-0.15, -0.1) is 0 Å². The summed E-state index contributed by atoms with van der Waals surface area (Å²) in [5.41, 5.74) is 21.3. The third-order valence-corrected chi connectivity index (χ3v) is 13.1. The van der Waals surface area contributed by atoms with Crippen LogP contribution in [0.1, 0.15) is 0 Å². The summed E-state index contributed by atoms with van der Waals surface area (Å²) in [6.45, 7) is 0. The molecule has 0 heterocycles. The maximum absolute atomic E-state index is 2.48. The standard InChI is InChI=1S/C60H37N/c1-5-17-38(18-6-1)55-49-32-31-40(43-33-34-48-45-26-14-13-25-44(45)47-28-15-27-46(43)57(47)48)37-53(49)56(39-19-7-2-8-20-39)59-51-30-16-29-50-54(36-35-52(58(50)51)60(55)59)61(41-21-9-3-10-22-41)42-23-11-4-12-24-42/h1-37H. The molecule has 0 amide bonds. The van der Waals surface area contributed by atoms with Gasteiger partial charge in [-0.3, -0.25) is 0 Å². The van der Waals surface area contributed by atoms with Crippen LogP contribution >= 0.6 is 0 Å². The van der Waals surface area contributed by atoms with E-state index in [4.69, 9.17) is 0 Å². The molecule has 0 radical (unpaired) electrons. The highest BCUT2D eigenvalue weighted by molar-refractivity contribution is 6.29. The Labute approximate surface area is 355 Å². The summed E-state index contributed by atoms with van der Waals surface area (Å²) < 4.78 is 0. The Hall–Kier alpha value is -8.00. The van der Waals surface area contributed by atoms with Crippen LogP contribution in [0.15, 0.2) is 224 Å². The van der Waals surface area contributed by atoms with Crippen LogP contribution in [0, 0.1) is 0 Å². The summed E-state index contributed by atoms with van der Waals surface area (Å²) in [6.07, 6.45) is 0. The molecule has 11 aromatic rings. The molecule has 2 aliphatic rings. The van der Waals surface area contributed by atoms with Crippen molar-refractivity contribution in [3.05, 3.63) is 224 Å². The molecule has 0 unspecified atom stereocenters. The minimum Gasteiger partial charge on any atom is -0.310 e. The van der Waals surface area contributed by atoms with Gasteiger partial charge in [0.1, 0.15) is 0 Å². The minimum absolute atomic E-state index is 1.13. The Morgan fingerprint density at radius 3 is 1.33 bits per heavy atom. The zero-order valence-corrected chi connectivity index (χ0v) is 33.3. The second-order valence-corrected chi connectivity index (χ2v) is 16.3. The summed E-state index contributed by atoms with van der Waals surface area (Å²) >= 11 is 0. The predicted molar refractivity (Wildman–Crippen MR) is 259 cm³/mol. The largest absolute Gasteiger partial charge is 0.310 e. The van der Waals surface area contributed by atoms with Gasteiger partial charge in [-0.05, 0) is 141 Å². The summed E-state index contributed by atoms with van der Waals surface area (Å²) in [7, 11) is 0. The third-order valence-electron chi connectivity index (χ3n) is 13.1. The van der Waals surface area contributed by atoms with Gasteiger partial charge in [0.15, 0.2) is 0 Å². The zero-order chi connectivity index (χ0) is 40.0. The molecule has 1 heteroatoms. The highest BCUT2D eigenvalue weighted by Gasteiger charge is 2.32. The predicted octanol–water partition coefficient (Wildman–Crippen LogP) is 16.9. The quantitative estimate of drug-likeness (QED) is 0.163. The van der Waals surface area contributed by atoms with Crippen LogP contribution in [0.3, 0.4) is 0 Å². The van der Waals surface area contributed by atoms with E-state index in [1.165, 1.54) is 110 Å². The van der Waals surface area contributed by atoms with Crippen LogP contribution < -0.4 is 4.90 Å². The molecular formula is C60H37N. The van der Waals surface area contributed by atoms with Crippen molar-refractivity contribution < 1.29 is 0 Å². The van der Waals surface area contributed by atoms with Crippen molar-refractivity contribution in [3.63, 3.8) is 0 Å². The first-order valence-corrected chi connectivity index (χ1v) is 21.2. The van der Waals surface area contributed by atoms with Crippen LogP contribution in [0.25, 0.3) is 110 Å². The van der Waals surface area contributed by atoms with Gasteiger partial charge in [0.2, 0.25) is 0 Å². The Morgan fingerprint density at radius 2 is 0.689 bits per heavy atom. The number of para-hydroxylation sites is 2. The lowest BCUT2D eigenvalue weighted by Gasteiger charge is -2.27. The molecule has 0 bridgehead atoms. The smallest absolute Gasteiger partial charge is 0.0540 e. The number of rotatable bonds is 6. The van der Waals surface area contributed by atoms with E-state index in [9.17, 15) is 0 Å². The first-order chi connectivity index (χ1) is 30.3. The molecule has 0 aliphatic heterocycles. The Balaban J connectivity index is 1.13. The number of hydrogen-bond acceptors (Lipinski definition) is 1. The van der Waals surface area contributed by atoms with Crippen molar-refractivity contribution >= 4 is 49.4 Å². The molecule has 11 aromatic carbocycles. The average Bonchev–Trinajstić information content (AvgIpc) is 3.84. The van der Waals surface area contributed by atoms with Crippen LogP contribution in [0.5, 0.6) is 0 Å². The lowest BCUT2D eigenvalue weighted by Crippen LogP contribution is -2.10. The lowest BCUT2D eigenvalue weighted by atomic mass is 9.81. The number of anilines is 3. The van der Waals surface area contributed by atoms with Crippen molar-refractivity contribution in [2.24, 2.45) is 0 Å². The molecule has 0 spiro atoms. The van der Waals surface area contributed by atoms with Crippen LogP contribution in [0.4, 0.5) is 17.1 Å². The van der Waals surface area contributed by atoms with Gasteiger partial charge < -0.3 is 4.90 Å². The SMILES string of the molecule is c1ccc(-c2c3c(c(-c4ccccc4)c4cc(-c5ccc6c7c(cccc57)-c5ccccc5-6)ccc24)-c2cccc4c(N(c5ccccc5)c5ccccc5)ccc-3c24)cc1. The second-order valence-electron chi connectivity index (χ2n) is 16.3. The lowest BCUT2D eigenvalue weighted by molar-refractivity contribution is 1.30. The fourth-order valence-corrected chi connectivity index (χ4v) is 10.6. The normalized spacial score (nSPS) is 11.9. The molecule has 13 rings (SSSR count). The van der Waals surface area contributed by atoms with Gasteiger partial charge in [0, 0.05) is 16.8 Å². The van der Waals surface area contributed by atoms with E-state index in [-0.39, 0.29) is 0 Å². The van der Waals surface area contributed by atoms with E-state index < -0.39 is 0 Å². The molecule has 0 aromatic heterocycles. The van der Waals surface area contributed by atoms with Gasteiger partial charge in [0.05, 0.1) is 5.69 Å². The topological polar surface area (TPSA) is 3.24 Å². The van der Waals surface area contributed by atoms with E-state index in [1.54, 1.807) is 0 Å².